The van der Waals surface area contributed by atoms with E-state index in [1.807, 2.05) is 19.1 Å². The predicted octanol–water partition coefficient (Wildman–Crippen LogP) is 1.50. The summed E-state index contributed by atoms with van der Waals surface area (Å²) < 4.78 is 11.0. The molecule has 0 aromatic heterocycles. The maximum absolute atomic E-state index is 5.67. The number of rotatable bonds is 4. The van der Waals surface area contributed by atoms with Crippen LogP contribution in [0.3, 0.4) is 0 Å². The quantitative estimate of drug-likeness (QED) is 0.859. The monoisotopic (exact) mass is 236 g/mol. The molecule has 1 aromatic carbocycles. The van der Waals surface area contributed by atoms with Crippen LogP contribution in [0.5, 0.6) is 11.5 Å². The lowest BCUT2D eigenvalue weighted by Crippen LogP contribution is -2.43. The zero-order chi connectivity index (χ0) is 12.1. The first-order chi connectivity index (χ1) is 8.35. The molecule has 4 nitrogen and oxygen atoms in total. The lowest BCUT2D eigenvalue weighted by molar-refractivity contribution is 0.338. The fraction of sp³-hybridized carbons (Fsp3) is 0.538. The highest BCUT2D eigenvalue weighted by molar-refractivity contribution is 5.62. The average Bonchev–Trinajstić information content (AvgIpc) is 2.40. The molecule has 94 valence electrons. The van der Waals surface area contributed by atoms with Gasteiger partial charge in [-0.1, -0.05) is 0 Å². The van der Waals surface area contributed by atoms with Gasteiger partial charge in [-0.15, -0.1) is 0 Å². The Hall–Kier alpha value is -1.42. The van der Waals surface area contributed by atoms with Crippen molar-refractivity contribution in [1.29, 1.82) is 0 Å². The van der Waals surface area contributed by atoms with Crippen molar-refractivity contribution in [2.45, 2.75) is 6.92 Å². The van der Waals surface area contributed by atoms with Crippen LogP contribution < -0.4 is 19.7 Å². The summed E-state index contributed by atoms with van der Waals surface area (Å²) in [4.78, 5) is 2.34. The third-order valence-corrected chi connectivity index (χ3v) is 2.92. The largest absolute Gasteiger partial charge is 0.497 e. The fourth-order valence-corrected chi connectivity index (χ4v) is 2.05. The smallest absolute Gasteiger partial charge is 0.142 e. The van der Waals surface area contributed by atoms with Gasteiger partial charge in [0.1, 0.15) is 11.5 Å². The number of ether oxygens (including phenoxy) is 2. The molecule has 0 saturated carbocycles. The first-order valence-corrected chi connectivity index (χ1v) is 6.11. The van der Waals surface area contributed by atoms with Gasteiger partial charge in [-0.05, 0) is 19.1 Å². The minimum atomic E-state index is 0.686. The summed E-state index contributed by atoms with van der Waals surface area (Å²) in [5, 5.41) is 3.35. The average molecular weight is 236 g/mol. The summed E-state index contributed by atoms with van der Waals surface area (Å²) >= 11 is 0. The SMILES string of the molecule is CCOc1ccc(OC)cc1N1CCNCC1. The number of hydrogen-bond acceptors (Lipinski definition) is 4. The van der Waals surface area contributed by atoms with E-state index in [1.165, 1.54) is 0 Å². The Labute approximate surface area is 103 Å². The summed E-state index contributed by atoms with van der Waals surface area (Å²) in [5.74, 6) is 1.82. The van der Waals surface area contributed by atoms with Crippen molar-refractivity contribution in [3.63, 3.8) is 0 Å². The maximum Gasteiger partial charge on any atom is 0.142 e. The molecule has 0 radical (unpaired) electrons. The fourth-order valence-electron chi connectivity index (χ4n) is 2.05. The van der Waals surface area contributed by atoms with E-state index in [1.54, 1.807) is 7.11 Å². The highest BCUT2D eigenvalue weighted by Gasteiger charge is 2.15. The summed E-state index contributed by atoms with van der Waals surface area (Å²) in [5.41, 5.74) is 1.13. The van der Waals surface area contributed by atoms with E-state index in [-0.39, 0.29) is 0 Å². The van der Waals surface area contributed by atoms with E-state index in [0.29, 0.717) is 6.61 Å². The Kier molecular flexibility index (Phi) is 4.09. The van der Waals surface area contributed by atoms with Crippen LogP contribution in [0.15, 0.2) is 18.2 Å². The minimum Gasteiger partial charge on any atom is -0.497 e. The molecule has 1 aliphatic rings. The molecule has 2 rings (SSSR count). The number of nitrogens with one attached hydrogen (secondary N) is 1. The third-order valence-electron chi connectivity index (χ3n) is 2.92. The summed E-state index contributed by atoms with van der Waals surface area (Å²) in [6.07, 6.45) is 0. The lowest BCUT2D eigenvalue weighted by Gasteiger charge is -2.31. The van der Waals surface area contributed by atoms with E-state index in [9.17, 15) is 0 Å². The van der Waals surface area contributed by atoms with E-state index in [4.69, 9.17) is 9.47 Å². The van der Waals surface area contributed by atoms with Crippen molar-refractivity contribution < 1.29 is 9.47 Å². The van der Waals surface area contributed by atoms with Crippen LogP contribution in [0.1, 0.15) is 6.92 Å². The van der Waals surface area contributed by atoms with Crippen LogP contribution in [0, 0.1) is 0 Å². The van der Waals surface area contributed by atoms with E-state index in [2.05, 4.69) is 16.3 Å². The molecule has 0 unspecified atom stereocenters. The van der Waals surface area contributed by atoms with Gasteiger partial charge in [0.2, 0.25) is 0 Å². The molecule has 4 heteroatoms. The summed E-state index contributed by atoms with van der Waals surface area (Å²) in [6, 6.07) is 5.98. The van der Waals surface area contributed by atoms with Gasteiger partial charge in [-0.2, -0.15) is 0 Å². The molecule has 0 aliphatic carbocycles. The Morgan fingerprint density at radius 1 is 1.29 bits per heavy atom. The molecule has 0 amide bonds. The molecule has 0 spiro atoms. The molecule has 17 heavy (non-hydrogen) atoms. The molecule has 1 heterocycles. The van der Waals surface area contributed by atoms with Crippen molar-refractivity contribution in [1.82, 2.24) is 5.32 Å². The molecular weight excluding hydrogens is 216 g/mol. The standard InChI is InChI=1S/C13H20N2O2/c1-3-17-13-5-4-11(16-2)10-12(13)15-8-6-14-7-9-15/h4-5,10,14H,3,6-9H2,1-2H3. The zero-order valence-electron chi connectivity index (χ0n) is 10.5. The van der Waals surface area contributed by atoms with Crippen molar-refractivity contribution in [3.05, 3.63) is 18.2 Å². The number of anilines is 1. The minimum absolute atomic E-state index is 0.686. The molecule has 1 N–H and O–H groups in total. The van der Waals surface area contributed by atoms with Gasteiger partial charge in [0.25, 0.3) is 0 Å². The zero-order valence-corrected chi connectivity index (χ0v) is 10.5. The van der Waals surface area contributed by atoms with Crippen LogP contribution >= 0.6 is 0 Å². The van der Waals surface area contributed by atoms with Crippen LogP contribution in [0.4, 0.5) is 5.69 Å². The third kappa shape index (κ3) is 2.82. The molecule has 1 aromatic rings. The number of benzene rings is 1. The Morgan fingerprint density at radius 3 is 2.71 bits per heavy atom. The van der Waals surface area contributed by atoms with Gasteiger partial charge in [-0.25, -0.2) is 0 Å². The van der Waals surface area contributed by atoms with Gasteiger partial charge in [0.15, 0.2) is 0 Å². The van der Waals surface area contributed by atoms with Gasteiger partial charge in [0.05, 0.1) is 19.4 Å². The summed E-state index contributed by atoms with van der Waals surface area (Å²) in [7, 11) is 1.69. The first kappa shape index (κ1) is 12.0. The topological polar surface area (TPSA) is 33.7 Å². The van der Waals surface area contributed by atoms with E-state index >= 15 is 0 Å². The number of nitrogens with zero attached hydrogens (tertiary/aromatic N) is 1. The van der Waals surface area contributed by atoms with E-state index < -0.39 is 0 Å². The summed E-state index contributed by atoms with van der Waals surface area (Å²) in [6.45, 7) is 6.74. The van der Waals surface area contributed by atoms with Crippen LogP contribution in [0.2, 0.25) is 0 Å². The highest BCUT2D eigenvalue weighted by atomic mass is 16.5. The second-order valence-electron chi connectivity index (χ2n) is 4.00. The Morgan fingerprint density at radius 2 is 2.06 bits per heavy atom. The Balaban J connectivity index is 2.26. The van der Waals surface area contributed by atoms with Gasteiger partial charge in [-0.3, -0.25) is 0 Å². The van der Waals surface area contributed by atoms with Crippen molar-refractivity contribution in [2.75, 3.05) is 44.8 Å². The predicted molar refractivity (Wildman–Crippen MR) is 69.2 cm³/mol. The second-order valence-corrected chi connectivity index (χ2v) is 4.00. The second kappa shape index (κ2) is 5.77. The molecular formula is C13H20N2O2. The molecule has 1 saturated heterocycles. The lowest BCUT2D eigenvalue weighted by atomic mass is 10.2. The Bertz CT molecular complexity index is 362. The van der Waals surface area contributed by atoms with Crippen molar-refractivity contribution in [2.24, 2.45) is 0 Å². The highest BCUT2D eigenvalue weighted by Crippen LogP contribution is 2.32. The molecule has 1 fully saturated rings. The van der Waals surface area contributed by atoms with Crippen LogP contribution in [-0.2, 0) is 0 Å². The first-order valence-electron chi connectivity index (χ1n) is 6.11. The maximum atomic E-state index is 5.67. The number of methoxy groups -OCH3 is 1. The van der Waals surface area contributed by atoms with Crippen LogP contribution in [0.25, 0.3) is 0 Å². The normalized spacial score (nSPS) is 15.8. The number of hydrogen-bond donors (Lipinski definition) is 1. The molecule has 1 aliphatic heterocycles. The van der Waals surface area contributed by atoms with Gasteiger partial charge >= 0.3 is 0 Å². The van der Waals surface area contributed by atoms with Crippen LogP contribution in [-0.4, -0.2) is 39.9 Å². The number of piperazine rings is 1. The molecule has 0 atom stereocenters. The molecule has 0 bridgehead atoms. The van der Waals surface area contributed by atoms with Gasteiger partial charge in [0, 0.05) is 32.2 Å². The van der Waals surface area contributed by atoms with Crippen molar-refractivity contribution in [3.8, 4) is 11.5 Å². The van der Waals surface area contributed by atoms with Crippen molar-refractivity contribution >= 4 is 5.69 Å². The van der Waals surface area contributed by atoms with Gasteiger partial charge < -0.3 is 19.7 Å². The van der Waals surface area contributed by atoms with E-state index in [0.717, 1.165) is 43.4 Å².